The van der Waals surface area contributed by atoms with Crippen molar-refractivity contribution in [2.45, 2.75) is 31.7 Å². The highest BCUT2D eigenvalue weighted by Crippen LogP contribution is 2.28. The van der Waals surface area contributed by atoms with E-state index in [9.17, 15) is 4.79 Å². The molecule has 122 valence electrons. The molecule has 1 saturated heterocycles. The maximum absolute atomic E-state index is 12.2. The van der Waals surface area contributed by atoms with Gasteiger partial charge in [0.1, 0.15) is 0 Å². The number of aromatic nitrogens is 1. The van der Waals surface area contributed by atoms with Crippen LogP contribution in [0.15, 0.2) is 39.4 Å². The fraction of sp³-hybridized carbons (Fsp3) is 0.412. The predicted octanol–water partition coefficient (Wildman–Crippen LogP) is 2.99. The first kappa shape index (κ1) is 16.2. The van der Waals surface area contributed by atoms with Crippen molar-refractivity contribution in [3.8, 4) is 11.3 Å². The Morgan fingerprint density at radius 1 is 1.43 bits per heavy atom. The summed E-state index contributed by atoms with van der Waals surface area (Å²) < 4.78 is 6.73. The predicted molar refractivity (Wildman–Crippen MR) is 91.7 cm³/mol. The number of carbonyl (C=O) groups excluding carboxylic acids is 1. The lowest BCUT2D eigenvalue weighted by Crippen LogP contribution is -2.45. The Labute approximate surface area is 144 Å². The quantitative estimate of drug-likeness (QED) is 0.888. The number of benzene rings is 1. The third kappa shape index (κ3) is 4.00. The standard InChI is InChI=1S/C17H20BrN3O2/c18-14-6-2-1-5-13(14)15-10-20-16(23-15)7-8-17(22)21-9-3-4-12(19)11-21/h1-2,5-6,10,12H,3-4,7-9,11,19H2/t12-/m0/s1. The molecule has 0 radical (unpaired) electrons. The van der Waals surface area contributed by atoms with Crippen molar-refractivity contribution in [3.05, 3.63) is 40.8 Å². The lowest BCUT2D eigenvalue weighted by molar-refractivity contribution is -0.132. The molecule has 1 atom stereocenters. The number of amides is 1. The van der Waals surface area contributed by atoms with Crippen LogP contribution in [0, 0.1) is 0 Å². The van der Waals surface area contributed by atoms with E-state index in [2.05, 4.69) is 20.9 Å². The molecular formula is C17H20BrN3O2. The maximum atomic E-state index is 12.2. The number of likely N-dealkylation sites (tertiary alicyclic amines) is 1. The SMILES string of the molecule is N[C@H]1CCCN(C(=O)CCc2ncc(-c3ccccc3Br)o2)C1. The van der Waals surface area contributed by atoms with Crippen LogP contribution < -0.4 is 5.73 Å². The molecule has 0 unspecified atom stereocenters. The van der Waals surface area contributed by atoms with Crippen molar-refractivity contribution in [3.63, 3.8) is 0 Å². The van der Waals surface area contributed by atoms with Gasteiger partial charge in [-0.2, -0.15) is 0 Å². The Balaban J connectivity index is 1.59. The Bertz CT molecular complexity index is 686. The molecule has 0 bridgehead atoms. The number of piperidine rings is 1. The molecule has 6 heteroatoms. The number of halogens is 1. The van der Waals surface area contributed by atoms with E-state index in [1.807, 2.05) is 29.2 Å². The van der Waals surface area contributed by atoms with Gasteiger partial charge < -0.3 is 15.1 Å². The average Bonchev–Trinajstić information content (AvgIpc) is 3.02. The van der Waals surface area contributed by atoms with Gasteiger partial charge in [0.25, 0.3) is 0 Å². The van der Waals surface area contributed by atoms with Crippen molar-refractivity contribution in [2.75, 3.05) is 13.1 Å². The van der Waals surface area contributed by atoms with Crippen LogP contribution >= 0.6 is 15.9 Å². The van der Waals surface area contributed by atoms with Gasteiger partial charge in [0.05, 0.1) is 6.20 Å². The number of oxazole rings is 1. The Morgan fingerprint density at radius 2 is 2.26 bits per heavy atom. The van der Waals surface area contributed by atoms with Crippen molar-refractivity contribution in [1.29, 1.82) is 0 Å². The van der Waals surface area contributed by atoms with Crippen LogP contribution in [0.3, 0.4) is 0 Å². The molecule has 1 aliphatic rings. The molecule has 2 heterocycles. The zero-order valence-electron chi connectivity index (χ0n) is 12.9. The van der Waals surface area contributed by atoms with E-state index < -0.39 is 0 Å². The molecule has 1 aliphatic heterocycles. The molecule has 5 nitrogen and oxygen atoms in total. The first-order valence-electron chi connectivity index (χ1n) is 7.86. The second-order valence-corrected chi connectivity index (χ2v) is 6.69. The second-order valence-electron chi connectivity index (χ2n) is 5.84. The van der Waals surface area contributed by atoms with Crippen molar-refractivity contribution in [1.82, 2.24) is 9.88 Å². The molecule has 23 heavy (non-hydrogen) atoms. The van der Waals surface area contributed by atoms with E-state index in [4.69, 9.17) is 10.2 Å². The van der Waals surface area contributed by atoms with E-state index in [-0.39, 0.29) is 11.9 Å². The van der Waals surface area contributed by atoms with Gasteiger partial charge in [0, 0.05) is 42.0 Å². The zero-order valence-corrected chi connectivity index (χ0v) is 14.5. The normalized spacial score (nSPS) is 18.2. The number of nitrogens with two attached hydrogens (primary N) is 1. The molecule has 3 rings (SSSR count). The van der Waals surface area contributed by atoms with Crippen LogP contribution in [0.5, 0.6) is 0 Å². The summed E-state index contributed by atoms with van der Waals surface area (Å²) in [5.41, 5.74) is 6.88. The molecule has 0 saturated carbocycles. The third-order valence-electron chi connectivity index (χ3n) is 4.06. The minimum Gasteiger partial charge on any atom is -0.441 e. The van der Waals surface area contributed by atoms with Crippen molar-refractivity contribution in [2.24, 2.45) is 5.73 Å². The van der Waals surface area contributed by atoms with Gasteiger partial charge in [0.15, 0.2) is 11.7 Å². The number of hydrogen-bond acceptors (Lipinski definition) is 4. The summed E-state index contributed by atoms with van der Waals surface area (Å²) in [7, 11) is 0. The fourth-order valence-corrected chi connectivity index (χ4v) is 3.30. The molecule has 0 aliphatic carbocycles. The summed E-state index contributed by atoms with van der Waals surface area (Å²) >= 11 is 3.50. The van der Waals surface area contributed by atoms with Crippen molar-refractivity contribution < 1.29 is 9.21 Å². The summed E-state index contributed by atoms with van der Waals surface area (Å²) in [6, 6.07) is 7.93. The van der Waals surface area contributed by atoms with E-state index in [0.717, 1.165) is 29.4 Å². The maximum Gasteiger partial charge on any atom is 0.223 e. The van der Waals surface area contributed by atoms with E-state index in [0.29, 0.717) is 31.0 Å². The summed E-state index contributed by atoms with van der Waals surface area (Å²) in [6.45, 7) is 1.47. The van der Waals surface area contributed by atoms with Crippen LogP contribution in [0.1, 0.15) is 25.2 Å². The third-order valence-corrected chi connectivity index (χ3v) is 4.75. The number of hydrogen-bond donors (Lipinski definition) is 1. The molecule has 2 N–H and O–H groups in total. The van der Waals surface area contributed by atoms with E-state index in [1.165, 1.54) is 0 Å². The number of rotatable bonds is 4. The van der Waals surface area contributed by atoms with Gasteiger partial charge in [0.2, 0.25) is 5.91 Å². The van der Waals surface area contributed by atoms with Gasteiger partial charge in [-0.25, -0.2) is 4.98 Å². The fourth-order valence-electron chi connectivity index (χ4n) is 2.82. The van der Waals surface area contributed by atoms with Crippen LogP contribution in [-0.2, 0) is 11.2 Å². The van der Waals surface area contributed by atoms with E-state index in [1.54, 1.807) is 6.20 Å². The smallest absolute Gasteiger partial charge is 0.223 e. The van der Waals surface area contributed by atoms with Crippen LogP contribution in [0.25, 0.3) is 11.3 Å². The number of nitrogens with zero attached hydrogens (tertiary/aromatic N) is 2. The summed E-state index contributed by atoms with van der Waals surface area (Å²) in [5.74, 6) is 1.42. The van der Waals surface area contributed by atoms with Gasteiger partial charge in [-0.3, -0.25) is 4.79 Å². The van der Waals surface area contributed by atoms with Gasteiger partial charge >= 0.3 is 0 Å². The highest BCUT2D eigenvalue weighted by molar-refractivity contribution is 9.10. The highest BCUT2D eigenvalue weighted by Gasteiger charge is 2.21. The Kier molecular flexibility index (Phi) is 5.13. The molecular weight excluding hydrogens is 358 g/mol. The number of aryl methyl sites for hydroxylation is 1. The Hall–Kier alpha value is -1.66. The lowest BCUT2D eigenvalue weighted by atomic mass is 10.1. The topological polar surface area (TPSA) is 72.4 Å². The minimum absolute atomic E-state index is 0.108. The largest absolute Gasteiger partial charge is 0.441 e. The zero-order chi connectivity index (χ0) is 16.2. The first-order chi connectivity index (χ1) is 11.1. The molecule has 2 aromatic rings. The molecule has 0 spiro atoms. The summed E-state index contributed by atoms with van der Waals surface area (Å²) in [6.07, 6.45) is 4.60. The van der Waals surface area contributed by atoms with Gasteiger partial charge in [-0.05, 0) is 18.9 Å². The second kappa shape index (κ2) is 7.27. The van der Waals surface area contributed by atoms with Crippen LogP contribution in [-0.4, -0.2) is 34.9 Å². The highest BCUT2D eigenvalue weighted by atomic mass is 79.9. The van der Waals surface area contributed by atoms with Crippen LogP contribution in [0.2, 0.25) is 0 Å². The van der Waals surface area contributed by atoms with Crippen LogP contribution in [0.4, 0.5) is 0 Å². The number of carbonyl (C=O) groups is 1. The first-order valence-corrected chi connectivity index (χ1v) is 8.66. The molecule has 1 aromatic heterocycles. The van der Waals surface area contributed by atoms with E-state index >= 15 is 0 Å². The van der Waals surface area contributed by atoms with Gasteiger partial charge in [-0.15, -0.1) is 0 Å². The lowest BCUT2D eigenvalue weighted by Gasteiger charge is -2.30. The molecule has 1 amide bonds. The molecule has 1 fully saturated rings. The average molecular weight is 378 g/mol. The van der Waals surface area contributed by atoms with Crippen molar-refractivity contribution >= 4 is 21.8 Å². The monoisotopic (exact) mass is 377 g/mol. The minimum atomic E-state index is 0.108. The van der Waals surface area contributed by atoms with Gasteiger partial charge in [-0.1, -0.05) is 34.1 Å². The summed E-state index contributed by atoms with van der Waals surface area (Å²) in [4.78, 5) is 18.4. The Morgan fingerprint density at radius 3 is 3.04 bits per heavy atom. The molecule has 1 aromatic carbocycles. The summed E-state index contributed by atoms with van der Waals surface area (Å²) in [5, 5.41) is 0.